The highest BCUT2D eigenvalue weighted by Crippen LogP contribution is 2.38. The van der Waals surface area contributed by atoms with Gasteiger partial charge in [0.25, 0.3) is 0 Å². The van der Waals surface area contributed by atoms with E-state index in [-0.39, 0.29) is 0 Å². The predicted molar refractivity (Wildman–Crippen MR) is 103 cm³/mol. The number of ether oxygens (including phenoxy) is 2. The number of benzene rings is 1. The second kappa shape index (κ2) is 7.70. The summed E-state index contributed by atoms with van der Waals surface area (Å²) in [5, 5.41) is 0. The summed E-state index contributed by atoms with van der Waals surface area (Å²) in [5.41, 5.74) is 0.943. The Morgan fingerprint density at radius 2 is 1.81 bits per heavy atom. The third kappa shape index (κ3) is 3.20. The van der Waals surface area contributed by atoms with Crippen molar-refractivity contribution in [2.45, 2.75) is 44.7 Å². The first-order valence-electron chi connectivity index (χ1n) is 9.78. The summed E-state index contributed by atoms with van der Waals surface area (Å²) in [7, 11) is 3.40. The maximum absolute atomic E-state index is 5.60. The van der Waals surface area contributed by atoms with Gasteiger partial charge in [0, 0.05) is 25.0 Å². The van der Waals surface area contributed by atoms with Crippen molar-refractivity contribution in [1.82, 2.24) is 14.5 Å². The molecule has 5 nitrogen and oxygen atoms in total. The van der Waals surface area contributed by atoms with E-state index in [1.165, 1.54) is 45.2 Å². The molecule has 0 spiro atoms. The lowest BCUT2D eigenvalue weighted by Crippen LogP contribution is -2.49. The maximum atomic E-state index is 5.60. The molecule has 1 aromatic carbocycles. The number of fused-ring (bicyclic) bond motifs is 1. The number of aromatic nitrogens is 2. The lowest BCUT2D eigenvalue weighted by atomic mass is 9.83. The Bertz CT molecular complexity index is 718. The van der Waals surface area contributed by atoms with E-state index in [1.807, 2.05) is 24.4 Å². The SMILES string of the molecule is COc1cccc(OC)c1-c1nccn1C[C@@H]1CCCN2CCCC[C@H]12. The van der Waals surface area contributed by atoms with Gasteiger partial charge >= 0.3 is 0 Å². The number of methoxy groups -OCH3 is 2. The summed E-state index contributed by atoms with van der Waals surface area (Å²) >= 11 is 0. The molecule has 0 aliphatic carbocycles. The Morgan fingerprint density at radius 3 is 2.58 bits per heavy atom. The minimum atomic E-state index is 0.692. The first kappa shape index (κ1) is 17.4. The molecule has 26 heavy (non-hydrogen) atoms. The van der Waals surface area contributed by atoms with Crippen molar-refractivity contribution in [1.29, 1.82) is 0 Å². The molecule has 0 N–H and O–H groups in total. The summed E-state index contributed by atoms with van der Waals surface area (Å²) in [4.78, 5) is 7.38. The number of piperidine rings is 2. The number of imidazole rings is 1. The van der Waals surface area contributed by atoms with Crippen LogP contribution < -0.4 is 9.47 Å². The molecule has 0 radical (unpaired) electrons. The van der Waals surface area contributed by atoms with E-state index < -0.39 is 0 Å². The zero-order valence-electron chi connectivity index (χ0n) is 15.9. The Morgan fingerprint density at radius 1 is 1.04 bits per heavy atom. The van der Waals surface area contributed by atoms with Crippen LogP contribution in [0.2, 0.25) is 0 Å². The van der Waals surface area contributed by atoms with Crippen LogP contribution in [-0.2, 0) is 6.54 Å². The van der Waals surface area contributed by atoms with Crippen molar-refractivity contribution in [2.24, 2.45) is 5.92 Å². The monoisotopic (exact) mass is 355 g/mol. The molecule has 2 saturated heterocycles. The van der Waals surface area contributed by atoms with Crippen LogP contribution in [0.25, 0.3) is 11.4 Å². The van der Waals surface area contributed by atoms with Gasteiger partial charge in [0.05, 0.1) is 14.2 Å². The van der Waals surface area contributed by atoms with Crippen molar-refractivity contribution in [3.05, 3.63) is 30.6 Å². The van der Waals surface area contributed by atoms with Crippen LogP contribution in [0, 0.1) is 5.92 Å². The Hall–Kier alpha value is -2.01. The van der Waals surface area contributed by atoms with E-state index in [1.54, 1.807) is 14.2 Å². The van der Waals surface area contributed by atoms with Gasteiger partial charge < -0.3 is 18.9 Å². The Balaban J connectivity index is 1.64. The standard InChI is InChI=1S/C21H29N3O2/c1-25-18-9-5-10-19(26-2)20(18)21-22-11-14-24(21)15-16-7-6-13-23-12-4-3-8-17(16)23/h5,9-11,14,16-17H,3-4,6-8,12-13,15H2,1-2H3/t16-,17+/m0/s1. The molecule has 0 bridgehead atoms. The smallest absolute Gasteiger partial charge is 0.147 e. The van der Waals surface area contributed by atoms with Crippen LogP contribution in [0.1, 0.15) is 32.1 Å². The van der Waals surface area contributed by atoms with Crippen molar-refractivity contribution >= 4 is 0 Å². The largest absolute Gasteiger partial charge is 0.496 e. The van der Waals surface area contributed by atoms with Gasteiger partial charge in [-0.15, -0.1) is 0 Å². The lowest BCUT2D eigenvalue weighted by Gasteiger charge is -2.44. The van der Waals surface area contributed by atoms with Crippen molar-refractivity contribution < 1.29 is 9.47 Å². The molecular formula is C21H29N3O2. The molecule has 2 aromatic rings. The summed E-state index contributed by atoms with van der Waals surface area (Å²) in [6.07, 6.45) is 10.7. The summed E-state index contributed by atoms with van der Waals surface area (Å²) in [6, 6.07) is 6.63. The molecule has 0 saturated carbocycles. The first-order valence-corrected chi connectivity index (χ1v) is 9.78. The van der Waals surface area contributed by atoms with E-state index in [0.29, 0.717) is 5.92 Å². The molecule has 2 aliphatic heterocycles. The first-order chi connectivity index (χ1) is 12.8. The normalized spacial score (nSPS) is 23.5. The van der Waals surface area contributed by atoms with E-state index in [9.17, 15) is 0 Å². The fourth-order valence-corrected chi connectivity index (χ4v) is 4.80. The number of hydrogen-bond acceptors (Lipinski definition) is 4. The van der Waals surface area contributed by atoms with E-state index in [0.717, 1.165) is 35.5 Å². The molecule has 5 heteroatoms. The quantitative estimate of drug-likeness (QED) is 0.817. The van der Waals surface area contributed by atoms with E-state index >= 15 is 0 Å². The van der Waals surface area contributed by atoms with Gasteiger partial charge in [0.2, 0.25) is 0 Å². The summed E-state index contributed by atoms with van der Waals surface area (Å²) in [6.45, 7) is 3.56. The van der Waals surface area contributed by atoms with Crippen LogP contribution in [-0.4, -0.2) is 47.8 Å². The van der Waals surface area contributed by atoms with Crippen LogP contribution in [0.3, 0.4) is 0 Å². The molecule has 0 unspecified atom stereocenters. The average Bonchev–Trinajstić information content (AvgIpc) is 3.15. The van der Waals surface area contributed by atoms with Gasteiger partial charge in [-0.3, -0.25) is 0 Å². The minimum absolute atomic E-state index is 0.692. The van der Waals surface area contributed by atoms with Gasteiger partial charge in [-0.1, -0.05) is 12.5 Å². The molecule has 4 rings (SSSR count). The zero-order valence-corrected chi connectivity index (χ0v) is 15.9. The maximum Gasteiger partial charge on any atom is 0.147 e. The fraction of sp³-hybridized carbons (Fsp3) is 0.571. The van der Waals surface area contributed by atoms with Crippen molar-refractivity contribution in [3.63, 3.8) is 0 Å². The summed E-state index contributed by atoms with van der Waals surface area (Å²) in [5.74, 6) is 3.24. The molecule has 2 atom stereocenters. The molecule has 140 valence electrons. The molecule has 1 aromatic heterocycles. The Labute approximate surface area is 155 Å². The number of nitrogens with zero attached hydrogens (tertiary/aromatic N) is 3. The highest BCUT2D eigenvalue weighted by atomic mass is 16.5. The molecule has 0 amide bonds. The van der Waals surface area contributed by atoms with Gasteiger partial charge in [0.1, 0.15) is 22.9 Å². The van der Waals surface area contributed by atoms with E-state index in [2.05, 4.69) is 20.6 Å². The van der Waals surface area contributed by atoms with Crippen molar-refractivity contribution in [2.75, 3.05) is 27.3 Å². The number of rotatable bonds is 5. The molecule has 2 fully saturated rings. The van der Waals surface area contributed by atoms with Crippen LogP contribution >= 0.6 is 0 Å². The fourth-order valence-electron chi connectivity index (χ4n) is 4.80. The zero-order chi connectivity index (χ0) is 17.9. The van der Waals surface area contributed by atoms with Crippen LogP contribution in [0.4, 0.5) is 0 Å². The second-order valence-corrected chi connectivity index (χ2v) is 7.44. The highest BCUT2D eigenvalue weighted by molar-refractivity contribution is 5.72. The van der Waals surface area contributed by atoms with Gasteiger partial charge in [-0.25, -0.2) is 4.98 Å². The van der Waals surface area contributed by atoms with Crippen LogP contribution in [0.15, 0.2) is 30.6 Å². The number of hydrogen-bond donors (Lipinski definition) is 0. The lowest BCUT2D eigenvalue weighted by molar-refractivity contribution is 0.0521. The second-order valence-electron chi connectivity index (χ2n) is 7.44. The predicted octanol–water partition coefficient (Wildman–Crippen LogP) is 3.83. The summed E-state index contributed by atoms with van der Waals surface area (Å²) < 4.78 is 13.5. The topological polar surface area (TPSA) is 39.5 Å². The molecular weight excluding hydrogens is 326 g/mol. The third-order valence-electron chi connectivity index (χ3n) is 6.03. The van der Waals surface area contributed by atoms with Gasteiger partial charge in [0.15, 0.2) is 0 Å². The molecule has 3 heterocycles. The average molecular weight is 355 g/mol. The van der Waals surface area contributed by atoms with Gasteiger partial charge in [-0.2, -0.15) is 0 Å². The van der Waals surface area contributed by atoms with Crippen LogP contribution in [0.5, 0.6) is 11.5 Å². The van der Waals surface area contributed by atoms with E-state index in [4.69, 9.17) is 9.47 Å². The van der Waals surface area contributed by atoms with Crippen molar-refractivity contribution in [3.8, 4) is 22.9 Å². The van der Waals surface area contributed by atoms with Gasteiger partial charge in [-0.05, 0) is 56.8 Å². The molecule has 2 aliphatic rings. The highest BCUT2D eigenvalue weighted by Gasteiger charge is 2.33. The Kier molecular flexibility index (Phi) is 5.16. The third-order valence-corrected chi connectivity index (χ3v) is 6.03. The minimum Gasteiger partial charge on any atom is -0.496 e.